The summed E-state index contributed by atoms with van der Waals surface area (Å²) in [7, 11) is 0. The monoisotopic (exact) mass is 263 g/mol. The van der Waals surface area contributed by atoms with E-state index in [1.54, 1.807) is 0 Å². The third-order valence-corrected chi connectivity index (χ3v) is 1.66. The molecule has 1 rings (SSSR count). The zero-order valence-electron chi connectivity index (χ0n) is 8.91. The minimum absolute atomic E-state index is 0.556. The van der Waals surface area contributed by atoms with Crippen molar-refractivity contribution in [1.82, 2.24) is 0 Å². The van der Waals surface area contributed by atoms with Crippen LogP contribution < -0.4 is 14.6 Å². The number of halogens is 3. The largest absolute Gasteiger partial charge is 0.573 e. The van der Waals surface area contributed by atoms with Gasteiger partial charge in [0.15, 0.2) is 0 Å². The molecule has 5 nitrogen and oxygen atoms in total. The van der Waals surface area contributed by atoms with Crippen molar-refractivity contribution in [2.45, 2.75) is 13.3 Å². The predicted octanol–water partition coefficient (Wildman–Crippen LogP) is 0.874. The van der Waals surface area contributed by atoms with E-state index < -0.39 is 35.4 Å². The maximum Gasteiger partial charge on any atom is 0.573 e. The second-order valence-corrected chi connectivity index (χ2v) is 3.09. The minimum atomic E-state index is -4.93. The summed E-state index contributed by atoms with van der Waals surface area (Å²) in [6, 6.07) is 2.19. The fourth-order valence-electron chi connectivity index (χ4n) is 1.11. The van der Waals surface area contributed by atoms with E-state index in [9.17, 15) is 27.9 Å². The summed E-state index contributed by atoms with van der Waals surface area (Å²) in [6.45, 7) is 0.969. The Bertz CT molecular complexity index is 481. The molecule has 0 radical (unpaired) electrons. The third kappa shape index (κ3) is 3.96. The van der Waals surface area contributed by atoms with Crippen molar-refractivity contribution in [1.29, 1.82) is 0 Å². The van der Waals surface area contributed by atoms with Gasteiger partial charge in [-0.1, -0.05) is 0 Å². The number of hydrogen-bond acceptors (Lipinski definition) is 5. The lowest BCUT2D eigenvalue weighted by atomic mass is 10.2. The maximum atomic E-state index is 11.9. The van der Waals surface area contributed by atoms with Gasteiger partial charge in [-0.2, -0.15) is 0 Å². The van der Waals surface area contributed by atoms with Crippen LogP contribution in [-0.4, -0.2) is 18.3 Å². The number of rotatable bonds is 3. The Morgan fingerprint density at radius 1 is 1.28 bits per heavy atom. The van der Waals surface area contributed by atoms with E-state index in [1.165, 1.54) is 0 Å². The molecule has 98 valence electrons. The van der Waals surface area contributed by atoms with Gasteiger partial charge in [0.25, 0.3) is 0 Å². The van der Waals surface area contributed by atoms with Gasteiger partial charge < -0.3 is 19.4 Å². The summed E-state index contributed by atoms with van der Waals surface area (Å²) in [5.74, 6) is -3.86. The molecule has 0 aliphatic carbocycles. The number of carboxylic acids is 1. The number of aromatic carboxylic acids is 1. The van der Waals surface area contributed by atoms with Crippen LogP contribution in [0.2, 0.25) is 0 Å². The predicted molar refractivity (Wildman–Crippen MR) is 48.8 cm³/mol. The van der Waals surface area contributed by atoms with E-state index in [4.69, 9.17) is 0 Å². The summed E-state index contributed by atoms with van der Waals surface area (Å²) in [4.78, 5) is 21.3. The van der Waals surface area contributed by atoms with Gasteiger partial charge in [-0.05, 0) is 12.1 Å². The zero-order valence-corrected chi connectivity index (χ0v) is 8.91. The van der Waals surface area contributed by atoms with E-state index in [-0.39, 0.29) is 0 Å². The quantitative estimate of drug-likeness (QED) is 0.597. The maximum absolute atomic E-state index is 11.9. The van der Waals surface area contributed by atoms with Gasteiger partial charge in [0.1, 0.15) is 11.5 Å². The minimum Gasteiger partial charge on any atom is -0.545 e. The van der Waals surface area contributed by atoms with Gasteiger partial charge in [0, 0.05) is 18.6 Å². The average Bonchev–Trinajstić information content (AvgIpc) is 2.13. The van der Waals surface area contributed by atoms with Crippen molar-refractivity contribution >= 4 is 11.9 Å². The zero-order chi connectivity index (χ0) is 13.9. The molecule has 0 aliphatic rings. The molecular weight excluding hydrogens is 257 g/mol. The lowest BCUT2D eigenvalue weighted by Gasteiger charge is -2.13. The van der Waals surface area contributed by atoms with Crippen LogP contribution in [0.15, 0.2) is 18.2 Å². The van der Waals surface area contributed by atoms with Crippen molar-refractivity contribution in [2.75, 3.05) is 0 Å². The first-order valence-corrected chi connectivity index (χ1v) is 4.48. The number of carboxylic acid groups (broad SMARTS) is 1. The number of alkyl halides is 3. The number of esters is 1. The number of ether oxygens (including phenoxy) is 2. The van der Waals surface area contributed by atoms with Gasteiger partial charge in [-0.3, -0.25) is 4.79 Å². The molecule has 0 heterocycles. The number of benzene rings is 1. The van der Waals surface area contributed by atoms with Gasteiger partial charge in [-0.15, -0.1) is 13.2 Å². The standard InChI is InChI=1S/C10H7F3O5/c1-5(14)17-8-4-6(18-10(11,12)13)2-3-7(8)9(15)16/h2-4H,1H3,(H,15,16)/p-1. The molecule has 0 saturated heterocycles. The molecule has 0 bridgehead atoms. The number of hydrogen-bond donors (Lipinski definition) is 0. The second kappa shape index (κ2) is 4.94. The van der Waals surface area contributed by atoms with E-state index in [0.717, 1.165) is 19.1 Å². The summed E-state index contributed by atoms with van der Waals surface area (Å²) in [6.07, 6.45) is -4.93. The van der Waals surface area contributed by atoms with Crippen LogP contribution >= 0.6 is 0 Å². The van der Waals surface area contributed by atoms with Crippen molar-refractivity contribution in [2.24, 2.45) is 0 Å². The third-order valence-electron chi connectivity index (χ3n) is 1.66. The normalized spacial score (nSPS) is 10.9. The van der Waals surface area contributed by atoms with Crippen LogP contribution in [0.3, 0.4) is 0 Å². The van der Waals surface area contributed by atoms with Crippen molar-refractivity contribution in [3.63, 3.8) is 0 Å². The molecule has 1 aromatic carbocycles. The van der Waals surface area contributed by atoms with Crippen LogP contribution in [0, 0.1) is 0 Å². The smallest absolute Gasteiger partial charge is 0.545 e. The molecule has 0 aliphatic heterocycles. The molecule has 0 amide bonds. The Hall–Kier alpha value is -2.25. The van der Waals surface area contributed by atoms with E-state index in [1.807, 2.05) is 0 Å². The Morgan fingerprint density at radius 2 is 1.89 bits per heavy atom. The van der Waals surface area contributed by atoms with E-state index in [2.05, 4.69) is 9.47 Å². The van der Waals surface area contributed by atoms with Gasteiger partial charge in [-0.25, -0.2) is 0 Å². The number of carbonyl (C=O) groups is 2. The topological polar surface area (TPSA) is 75.7 Å². The van der Waals surface area contributed by atoms with Crippen LogP contribution in [0.1, 0.15) is 17.3 Å². The average molecular weight is 263 g/mol. The molecule has 0 unspecified atom stereocenters. The molecule has 18 heavy (non-hydrogen) atoms. The molecular formula is C10H6F3O5-. The highest BCUT2D eigenvalue weighted by atomic mass is 19.4. The van der Waals surface area contributed by atoms with Gasteiger partial charge >= 0.3 is 12.3 Å². The highest BCUT2D eigenvalue weighted by molar-refractivity contribution is 5.90. The fraction of sp³-hybridized carbons (Fsp3) is 0.200. The summed E-state index contributed by atoms with van der Waals surface area (Å²) in [5, 5.41) is 10.6. The first kappa shape index (κ1) is 13.8. The van der Waals surface area contributed by atoms with Crippen molar-refractivity contribution in [3.8, 4) is 11.5 Å². The molecule has 0 saturated carbocycles. The highest BCUT2D eigenvalue weighted by Crippen LogP contribution is 2.29. The van der Waals surface area contributed by atoms with Crippen molar-refractivity contribution in [3.05, 3.63) is 23.8 Å². The van der Waals surface area contributed by atoms with Crippen molar-refractivity contribution < 1.29 is 37.3 Å². The summed E-state index contributed by atoms with van der Waals surface area (Å²) >= 11 is 0. The summed E-state index contributed by atoms with van der Waals surface area (Å²) in [5.41, 5.74) is -0.556. The lowest BCUT2D eigenvalue weighted by Crippen LogP contribution is -2.24. The molecule has 1 aromatic rings. The highest BCUT2D eigenvalue weighted by Gasteiger charge is 2.31. The lowest BCUT2D eigenvalue weighted by molar-refractivity contribution is -0.274. The molecule has 0 spiro atoms. The van der Waals surface area contributed by atoms with Crippen LogP contribution in [0.5, 0.6) is 11.5 Å². The molecule has 0 fully saturated rings. The first-order chi connectivity index (χ1) is 8.19. The Kier molecular flexibility index (Phi) is 3.79. The molecule has 8 heteroatoms. The van der Waals surface area contributed by atoms with Gasteiger partial charge in [0.2, 0.25) is 0 Å². The van der Waals surface area contributed by atoms with Crippen LogP contribution in [-0.2, 0) is 4.79 Å². The number of carbonyl (C=O) groups excluding carboxylic acids is 2. The Labute approximate surface area is 98.7 Å². The molecule has 0 aromatic heterocycles. The first-order valence-electron chi connectivity index (χ1n) is 4.48. The Morgan fingerprint density at radius 3 is 2.33 bits per heavy atom. The van der Waals surface area contributed by atoms with Crippen LogP contribution in [0.25, 0.3) is 0 Å². The SMILES string of the molecule is CC(=O)Oc1cc(OC(F)(F)F)ccc1C(=O)[O-]. The van der Waals surface area contributed by atoms with E-state index in [0.29, 0.717) is 6.07 Å². The van der Waals surface area contributed by atoms with E-state index >= 15 is 0 Å². The second-order valence-electron chi connectivity index (χ2n) is 3.09. The molecule has 0 atom stereocenters. The Balaban J connectivity index is 3.12. The fourth-order valence-corrected chi connectivity index (χ4v) is 1.11. The van der Waals surface area contributed by atoms with Gasteiger partial charge in [0.05, 0.1) is 5.97 Å². The summed E-state index contributed by atoms with van der Waals surface area (Å²) < 4.78 is 43.8. The molecule has 0 N–H and O–H groups in total. The van der Waals surface area contributed by atoms with Crippen LogP contribution in [0.4, 0.5) is 13.2 Å².